The zero-order valence-electron chi connectivity index (χ0n) is 9.97. The fourth-order valence-electron chi connectivity index (χ4n) is 2.27. The molecule has 0 aromatic heterocycles. The number of rotatable bonds is 5. The molecule has 1 heterocycles. The van der Waals surface area contributed by atoms with Crippen molar-refractivity contribution in [2.75, 3.05) is 40.3 Å². The van der Waals surface area contributed by atoms with E-state index in [4.69, 9.17) is 4.74 Å². The van der Waals surface area contributed by atoms with E-state index in [0.29, 0.717) is 11.5 Å². The Labute approximate surface area is 87.8 Å². The fraction of sp³-hybridized carbons (Fsp3) is 1.00. The highest BCUT2D eigenvalue weighted by atomic mass is 16.5. The molecule has 1 aliphatic rings. The summed E-state index contributed by atoms with van der Waals surface area (Å²) in [7, 11) is 3.83. The van der Waals surface area contributed by atoms with Crippen LogP contribution in [0.25, 0.3) is 0 Å². The van der Waals surface area contributed by atoms with Crippen LogP contribution in [0.1, 0.15) is 20.3 Å². The zero-order valence-corrected chi connectivity index (χ0v) is 9.97. The monoisotopic (exact) mass is 200 g/mol. The van der Waals surface area contributed by atoms with E-state index in [-0.39, 0.29) is 0 Å². The summed E-state index contributed by atoms with van der Waals surface area (Å²) in [5, 5.41) is 3.25. The van der Waals surface area contributed by atoms with Crippen molar-refractivity contribution in [2.24, 2.45) is 5.41 Å². The lowest BCUT2D eigenvalue weighted by Gasteiger charge is -2.29. The van der Waals surface area contributed by atoms with Crippen LogP contribution in [0, 0.1) is 5.41 Å². The predicted molar refractivity (Wildman–Crippen MR) is 59.6 cm³/mol. The van der Waals surface area contributed by atoms with Gasteiger partial charge in [0.1, 0.15) is 0 Å². The minimum Gasteiger partial charge on any atom is -0.380 e. The van der Waals surface area contributed by atoms with Crippen LogP contribution in [-0.2, 0) is 4.74 Å². The average molecular weight is 200 g/mol. The Bertz CT molecular complexity index is 171. The van der Waals surface area contributed by atoms with Gasteiger partial charge in [0.25, 0.3) is 0 Å². The first kappa shape index (κ1) is 12.0. The Morgan fingerprint density at radius 3 is 2.71 bits per heavy atom. The molecular weight excluding hydrogens is 176 g/mol. The molecule has 1 N–H and O–H groups in total. The second-order valence-corrected chi connectivity index (χ2v) is 5.08. The molecule has 0 aromatic rings. The van der Waals surface area contributed by atoms with E-state index in [0.717, 1.165) is 19.6 Å². The molecule has 84 valence electrons. The predicted octanol–water partition coefficient (Wildman–Crippen LogP) is 0.953. The Kier molecular flexibility index (Phi) is 4.35. The molecular formula is C11H24N2O. The number of nitrogens with zero attached hydrogens (tertiary/aromatic N) is 1. The summed E-state index contributed by atoms with van der Waals surface area (Å²) in [5.41, 5.74) is 0.359. The molecule has 0 radical (unpaired) electrons. The molecule has 1 aliphatic heterocycles. The molecule has 1 fully saturated rings. The summed E-state index contributed by atoms with van der Waals surface area (Å²) in [6.45, 7) is 9.14. The molecule has 1 saturated heterocycles. The van der Waals surface area contributed by atoms with Crippen LogP contribution in [0.5, 0.6) is 0 Å². The minimum absolute atomic E-state index is 0.359. The van der Waals surface area contributed by atoms with E-state index in [9.17, 15) is 0 Å². The van der Waals surface area contributed by atoms with Crippen LogP contribution < -0.4 is 5.32 Å². The maximum Gasteiger partial charge on any atom is 0.0710 e. The second-order valence-electron chi connectivity index (χ2n) is 5.08. The highest BCUT2D eigenvalue weighted by Crippen LogP contribution is 2.20. The van der Waals surface area contributed by atoms with Gasteiger partial charge in [-0.2, -0.15) is 0 Å². The third-order valence-electron chi connectivity index (χ3n) is 2.87. The smallest absolute Gasteiger partial charge is 0.0710 e. The summed E-state index contributed by atoms with van der Waals surface area (Å²) >= 11 is 0. The van der Waals surface area contributed by atoms with E-state index >= 15 is 0 Å². The first-order valence-corrected chi connectivity index (χ1v) is 5.47. The molecule has 0 aliphatic carbocycles. The highest BCUT2D eigenvalue weighted by molar-refractivity contribution is 4.82. The molecule has 0 bridgehead atoms. The van der Waals surface area contributed by atoms with Crippen LogP contribution in [0.2, 0.25) is 0 Å². The average Bonchev–Trinajstić information content (AvgIpc) is 2.51. The van der Waals surface area contributed by atoms with E-state index in [1.807, 2.05) is 14.2 Å². The maximum absolute atomic E-state index is 5.36. The van der Waals surface area contributed by atoms with Gasteiger partial charge in [-0.25, -0.2) is 0 Å². The van der Waals surface area contributed by atoms with Crippen molar-refractivity contribution in [3.63, 3.8) is 0 Å². The Hall–Kier alpha value is -0.120. The maximum atomic E-state index is 5.36. The standard InChI is InChI=1S/C11H24N2O/c1-11(2,8-12-3)9-13-6-5-10(7-13)14-4/h10,12H,5-9H2,1-4H3. The molecule has 0 spiro atoms. The van der Waals surface area contributed by atoms with E-state index < -0.39 is 0 Å². The highest BCUT2D eigenvalue weighted by Gasteiger charge is 2.27. The minimum atomic E-state index is 0.359. The van der Waals surface area contributed by atoms with Crippen LogP contribution in [0.4, 0.5) is 0 Å². The molecule has 1 rings (SSSR count). The first-order chi connectivity index (χ1) is 6.57. The van der Waals surface area contributed by atoms with Crippen LogP contribution in [0.3, 0.4) is 0 Å². The fourth-order valence-corrected chi connectivity index (χ4v) is 2.27. The van der Waals surface area contributed by atoms with E-state index in [1.165, 1.54) is 13.0 Å². The van der Waals surface area contributed by atoms with E-state index in [2.05, 4.69) is 24.1 Å². The molecule has 14 heavy (non-hydrogen) atoms. The number of methoxy groups -OCH3 is 1. The van der Waals surface area contributed by atoms with Crippen molar-refractivity contribution in [3.05, 3.63) is 0 Å². The summed E-state index contributed by atoms with van der Waals surface area (Å²) in [6.07, 6.45) is 1.65. The third-order valence-corrected chi connectivity index (χ3v) is 2.87. The van der Waals surface area contributed by atoms with Crippen molar-refractivity contribution in [1.29, 1.82) is 0 Å². The van der Waals surface area contributed by atoms with Crippen LogP contribution in [0.15, 0.2) is 0 Å². The van der Waals surface area contributed by atoms with Gasteiger partial charge in [-0.05, 0) is 18.9 Å². The van der Waals surface area contributed by atoms with Crippen LogP contribution in [-0.4, -0.2) is 51.3 Å². The molecule has 0 saturated carbocycles. The van der Waals surface area contributed by atoms with Crippen molar-refractivity contribution in [1.82, 2.24) is 10.2 Å². The first-order valence-electron chi connectivity index (χ1n) is 5.47. The summed E-state index contributed by atoms with van der Waals surface area (Å²) < 4.78 is 5.36. The van der Waals surface area contributed by atoms with Gasteiger partial charge in [-0.3, -0.25) is 0 Å². The number of hydrogen-bond acceptors (Lipinski definition) is 3. The third kappa shape index (κ3) is 3.56. The van der Waals surface area contributed by atoms with Gasteiger partial charge in [0.15, 0.2) is 0 Å². The van der Waals surface area contributed by atoms with Crippen molar-refractivity contribution in [3.8, 4) is 0 Å². The molecule has 3 heteroatoms. The molecule has 1 atom stereocenters. The van der Waals surface area contributed by atoms with Crippen LogP contribution >= 0.6 is 0 Å². The SMILES string of the molecule is CNCC(C)(C)CN1CCC(OC)C1. The molecule has 1 unspecified atom stereocenters. The van der Waals surface area contributed by atoms with Gasteiger partial charge in [0.05, 0.1) is 6.10 Å². The summed E-state index contributed by atoms with van der Waals surface area (Å²) in [4.78, 5) is 2.51. The Balaban J connectivity index is 2.31. The Morgan fingerprint density at radius 1 is 1.50 bits per heavy atom. The van der Waals surface area contributed by atoms with Gasteiger partial charge in [-0.1, -0.05) is 13.8 Å². The molecule has 3 nitrogen and oxygen atoms in total. The van der Waals surface area contributed by atoms with Crippen molar-refractivity contribution < 1.29 is 4.74 Å². The number of hydrogen-bond donors (Lipinski definition) is 1. The molecule has 0 amide bonds. The zero-order chi connectivity index (χ0) is 10.6. The van der Waals surface area contributed by atoms with Gasteiger partial charge in [0.2, 0.25) is 0 Å². The lowest BCUT2D eigenvalue weighted by molar-refractivity contribution is 0.101. The number of ether oxygens (including phenoxy) is 1. The van der Waals surface area contributed by atoms with Gasteiger partial charge in [-0.15, -0.1) is 0 Å². The van der Waals surface area contributed by atoms with Gasteiger partial charge in [0, 0.05) is 33.3 Å². The molecule has 0 aromatic carbocycles. The summed E-state index contributed by atoms with van der Waals surface area (Å²) in [6, 6.07) is 0. The van der Waals surface area contributed by atoms with Crippen molar-refractivity contribution >= 4 is 0 Å². The second kappa shape index (κ2) is 5.10. The van der Waals surface area contributed by atoms with Crippen molar-refractivity contribution in [2.45, 2.75) is 26.4 Å². The topological polar surface area (TPSA) is 24.5 Å². The lowest BCUT2D eigenvalue weighted by Crippen LogP contribution is -2.39. The summed E-state index contributed by atoms with van der Waals surface area (Å²) in [5.74, 6) is 0. The normalized spacial score (nSPS) is 24.4. The van der Waals surface area contributed by atoms with Gasteiger partial charge >= 0.3 is 0 Å². The van der Waals surface area contributed by atoms with Gasteiger partial charge < -0.3 is 15.0 Å². The number of likely N-dealkylation sites (tertiary alicyclic amines) is 1. The quantitative estimate of drug-likeness (QED) is 0.715. The largest absolute Gasteiger partial charge is 0.380 e. The lowest BCUT2D eigenvalue weighted by atomic mass is 9.93. The number of nitrogens with one attached hydrogen (secondary N) is 1. The Morgan fingerprint density at radius 2 is 2.21 bits per heavy atom. The van der Waals surface area contributed by atoms with E-state index in [1.54, 1.807) is 0 Å².